The Hall–Kier alpha value is -3.85. The summed E-state index contributed by atoms with van der Waals surface area (Å²) < 4.78 is 39.0. The number of aromatic nitrogens is 1. The van der Waals surface area contributed by atoms with E-state index in [1.807, 2.05) is 30.3 Å². The molecule has 1 aliphatic rings. The second-order valence-corrected chi connectivity index (χ2v) is 7.76. The summed E-state index contributed by atoms with van der Waals surface area (Å²) in [6, 6.07) is 14.2. The lowest BCUT2D eigenvalue weighted by atomic mass is 10.1. The van der Waals surface area contributed by atoms with Crippen molar-refractivity contribution in [2.24, 2.45) is 4.99 Å². The molecule has 34 heavy (non-hydrogen) atoms. The monoisotopic (exact) mass is 485 g/mol. The number of rotatable bonds is 6. The number of amides is 1. The molecule has 6 nitrogen and oxygen atoms in total. The lowest BCUT2D eigenvalue weighted by Gasteiger charge is -2.11. The maximum absolute atomic E-state index is 13.0. The van der Waals surface area contributed by atoms with Gasteiger partial charge in [-0.2, -0.15) is 13.2 Å². The summed E-state index contributed by atoms with van der Waals surface area (Å²) in [6.07, 6.45) is -0.112. The third-order valence-electron chi connectivity index (χ3n) is 4.82. The number of halogens is 4. The van der Waals surface area contributed by atoms with Gasteiger partial charge >= 0.3 is 6.18 Å². The minimum Gasteiger partial charge on any atom is -0.367 e. The van der Waals surface area contributed by atoms with E-state index in [0.29, 0.717) is 0 Å². The molecule has 3 N–H and O–H groups in total. The average Bonchev–Trinajstić information content (AvgIpc) is 3.34. The zero-order valence-electron chi connectivity index (χ0n) is 17.7. The maximum Gasteiger partial charge on any atom is 0.417 e. The third kappa shape index (κ3) is 5.93. The number of hydrogen-bond donors (Lipinski definition) is 3. The highest BCUT2D eigenvalue weighted by Gasteiger charge is 2.33. The lowest BCUT2D eigenvalue weighted by Crippen LogP contribution is -2.20. The van der Waals surface area contributed by atoms with Crippen LogP contribution in [0.5, 0.6) is 0 Å². The number of anilines is 3. The molecule has 0 spiro atoms. The number of amidine groups is 1. The first-order chi connectivity index (χ1) is 16.3. The van der Waals surface area contributed by atoms with Crippen LogP contribution >= 0.6 is 11.6 Å². The van der Waals surface area contributed by atoms with Gasteiger partial charge in [0.25, 0.3) is 0 Å². The van der Waals surface area contributed by atoms with E-state index in [9.17, 15) is 18.0 Å². The van der Waals surface area contributed by atoms with E-state index in [4.69, 9.17) is 11.6 Å². The Morgan fingerprint density at radius 2 is 1.88 bits per heavy atom. The van der Waals surface area contributed by atoms with Gasteiger partial charge in [-0.05, 0) is 54.1 Å². The van der Waals surface area contributed by atoms with Crippen LogP contribution in [0, 0.1) is 0 Å². The Labute approximate surface area is 198 Å². The standard InChI is InChI=1S/C24H19ClF3N5O/c25-20-6-5-17(13-19(20)24(26,27)28)33-22(34)7-4-15-2-1-3-16(12-15)32-18-8-9-29-21(14-18)23-30-10-11-31-23/h1-9,12-14H,10-11H2,(H,29,32)(H,30,31)(H,33,34)/b7-4+. The Morgan fingerprint density at radius 3 is 2.65 bits per heavy atom. The zero-order chi connectivity index (χ0) is 24.1. The van der Waals surface area contributed by atoms with Gasteiger partial charge in [0, 0.05) is 35.9 Å². The number of nitrogens with zero attached hydrogens (tertiary/aromatic N) is 2. The van der Waals surface area contributed by atoms with E-state index in [1.165, 1.54) is 12.1 Å². The SMILES string of the molecule is O=C(/C=C/c1cccc(Nc2ccnc(C3=NCCN3)c2)c1)Nc1ccc(Cl)c(C(F)(F)F)c1. The number of hydrogen-bond acceptors (Lipinski definition) is 5. The number of benzene rings is 2. The molecule has 1 aromatic heterocycles. The van der Waals surface area contributed by atoms with Gasteiger partial charge in [0.1, 0.15) is 11.5 Å². The lowest BCUT2D eigenvalue weighted by molar-refractivity contribution is -0.137. The molecule has 0 aliphatic carbocycles. The topological polar surface area (TPSA) is 78.4 Å². The fourth-order valence-electron chi connectivity index (χ4n) is 3.27. The molecule has 0 radical (unpaired) electrons. The third-order valence-corrected chi connectivity index (χ3v) is 5.15. The molecule has 0 fully saturated rings. The van der Waals surface area contributed by atoms with Crippen LogP contribution in [0.3, 0.4) is 0 Å². The molecule has 3 aromatic rings. The molecule has 0 atom stereocenters. The van der Waals surface area contributed by atoms with Crippen LogP contribution in [0.2, 0.25) is 5.02 Å². The number of pyridine rings is 1. The summed E-state index contributed by atoms with van der Waals surface area (Å²) in [4.78, 5) is 20.9. The minimum atomic E-state index is -4.61. The second kappa shape index (κ2) is 9.96. The molecule has 174 valence electrons. The molecule has 1 aliphatic heterocycles. The maximum atomic E-state index is 13.0. The van der Waals surface area contributed by atoms with Crippen LogP contribution in [0.4, 0.5) is 30.2 Å². The Bertz CT molecular complexity index is 1270. The number of nitrogens with one attached hydrogen (secondary N) is 3. The largest absolute Gasteiger partial charge is 0.417 e. The highest BCUT2D eigenvalue weighted by Crippen LogP contribution is 2.36. The molecule has 0 saturated carbocycles. The average molecular weight is 486 g/mol. The molecular formula is C24H19ClF3N5O. The summed E-state index contributed by atoms with van der Waals surface area (Å²) >= 11 is 5.61. The van der Waals surface area contributed by atoms with Gasteiger partial charge in [0.15, 0.2) is 0 Å². The Balaban J connectivity index is 1.42. The minimum absolute atomic E-state index is 0.00311. The Morgan fingerprint density at radius 1 is 1.06 bits per heavy atom. The van der Waals surface area contributed by atoms with Crippen molar-refractivity contribution in [1.82, 2.24) is 10.3 Å². The van der Waals surface area contributed by atoms with Crippen LogP contribution in [-0.4, -0.2) is 29.8 Å². The van der Waals surface area contributed by atoms with Crippen molar-refractivity contribution in [2.75, 3.05) is 23.7 Å². The van der Waals surface area contributed by atoms with Crippen LogP contribution in [0.25, 0.3) is 6.08 Å². The summed E-state index contributed by atoms with van der Waals surface area (Å²) in [7, 11) is 0. The molecule has 1 amide bonds. The summed E-state index contributed by atoms with van der Waals surface area (Å²) in [5.41, 5.74) is 2.06. The van der Waals surface area contributed by atoms with Crippen molar-refractivity contribution >= 4 is 46.5 Å². The van der Waals surface area contributed by atoms with Gasteiger partial charge in [-0.3, -0.25) is 14.8 Å². The summed E-state index contributed by atoms with van der Waals surface area (Å²) in [6.45, 7) is 1.51. The number of carbonyl (C=O) groups excluding carboxylic acids is 1. The van der Waals surface area contributed by atoms with Crippen LogP contribution in [-0.2, 0) is 11.0 Å². The van der Waals surface area contributed by atoms with E-state index in [1.54, 1.807) is 18.3 Å². The van der Waals surface area contributed by atoms with Gasteiger partial charge in [0.05, 0.1) is 17.1 Å². The predicted octanol–water partition coefficient (Wildman–Crippen LogP) is 5.50. The molecule has 4 rings (SSSR count). The van der Waals surface area contributed by atoms with E-state index in [2.05, 4.69) is 25.9 Å². The number of aliphatic imine (C=N–C) groups is 1. The van der Waals surface area contributed by atoms with E-state index in [-0.39, 0.29) is 5.69 Å². The summed E-state index contributed by atoms with van der Waals surface area (Å²) in [5.74, 6) is 0.187. The van der Waals surface area contributed by atoms with Gasteiger partial charge in [0.2, 0.25) is 5.91 Å². The first-order valence-corrected chi connectivity index (χ1v) is 10.6. The quantitative estimate of drug-likeness (QED) is 0.403. The van der Waals surface area contributed by atoms with Crippen molar-refractivity contribution in [1.29, 1.82) is 0 Å². The number of carbonyl (C=O) groups is 1. The molecule has 10 heteroatoms. The van der Waals surface area contributed by atoms with Crippen molar-refractivity contribution in [3.05, 3.63) is 88.7 Å². The fraction of sp³-hybridized carbons (Fsp3) is 0.125. The van der Waals surface area contributed by atoms with Crippen molar-refractivity contribution in [3.63, 3.8) is 0 Å². The molecule has 0 bridgehead atoms. The molecule has 2 heterocycles. The van der Waals surface area contributed by atoms with Crippen LogP contribution < -0.4 is 16.0 Å². The van der Waals surface area contributed by atoms with Gasteiger partial charge in [-0.25, -0.2) is 0 Å². The van der Waals surface area contributed by atoms with E-state index in [0.717, 1.165) is 53.7 Å². The fourth-order valence-corrected chi connectivity index (χ4v) is 3.49. The highest BCUT2D eigenvalue weighted by atomic mass is 35.5. The first-order valence-electron chi connectivity index (χ1n) is 10.3. The normalized spacial score (nSPS) is 13.5. The van der Waals surface area contributed by atoms with Crippen molar-refractivity contribution < 1.29 is 18.0 Å². The second-order valence-electron chi connectivity index (χ2n) is 7.35. The first kappa shape index (κ1) is 23.3. The van der Waals surface area contributed by atoms with Gasteiger partial charge in [-0.15, -0.1) is 0 Å². The predicted molar refractivity (Wildman–Crippen MR) is 127 cm³/mol. The van der Waals surface area contributed by atoms with E-state index < -0.39 is 22.7 Å². The van der Waals surface area contributed by atoms with Crippen molar-refractivity contribution in [3.8, 4) is 0 Å². The molecule has 0 saturated heterocycles. The summed E-state index contributed by atoms with van der Waals surface area (Å²) in [5, 5.41) is 8.45. The molecule has 0 unspecified atom stereocenters. The van der Waals surface area contributed by atoms with E-state index >= 15 is 0 Å². The van der Waals surface area contributed by atoms with Crippen LogP contribution in [0.1, 0.15) is 16.8 Å². The Kier molecular flexibility index (Phi) is 6.83. The van der Waals surface area contributed by atoms with Gasteiger partial charge < -0.3 is 16.0 Å². The molecule has 2 aromatic carbocycles. The smallest absolute Gasteiger partial charge is 0.367 e. The van der Waals surface area contributed by atoms with Gasteiger partial charge in [-0.1, -0.05) is 23.7 Å². The van der Waals surface area contributed by atoms with Crippen LogP contribution in [0.15, 0.2) is 71.9 Å². The number of alkyl halides is 3. The zero-order valence-corrected chi connectivity index (χ0v) is 18.4. The van der Waals surface area contributed by atoms with Crippen molar-refractivity contribution in [2.45, 2.75) is 6.18 Å². The molecular weight excluding hydrogens is 467 g/mol. The highest BCUT2D eigenvalue weighted by molar-refractivity contribution is 6.31.